The van der Waals surface area contributed by atoms with Gasteiger partial charge in [0.25, 0.3) is 0 Å². The van der Waals surface area contributed by atoms with Crippen LogP contribution < -0.4 is 59.1 Å². The van der Waals surface area contributed by atoms with E-state index >= 15 is 0 Å². The van der Waals surface area contributed by atoms with Crippen molar-refractivity contribution in [1.29, 1.82) is 0 Å². The average Bonchev–Trinajstić information content (AvgIpc) is 1.25. The van der Waals surface area contributed by atoms with Crippen LogP contribution in [0.25, 0.3) is 0 Å². The molecule has 0 unspecified atom stereocenters. The zero-order valence-corrected chi connectivity index (χ0v) is 17.2. The van der Waals surface area contributed by atoms with Gasteiger partial charge in [-0.2, -0.15) is 0 Å². The van der Waals surface area contributed by atoms with Crippen LogP contribution >= 0.6 is 12.4 Å². The first kappa shape index (κ1) is 53.1. The van der Waals surface area contributed by atoms with Crippen molar-refractivity contribution < 1.29 is 103 Å². The second-order valence-electron chi connectivity index (χ2n) is 0.565. The fourth-order valence-corrected chi connectivity index (χ4v) is 0. The molecule has 0 fully saturated rings. The second kappa shape index (κ2) is 44.1. The van der Waals surface area contributed by atoms with Gasteiger partial charge in [0.2, 0.25) is 0 Å². The van der Waals surface area contributed by atoms with Gasteiger partial charge in [-0.1, -0.05) is 0 Å². The summed E-state index contributed by atoms with van der Waals surface area (Å²) in [7, 11) is 0. The van der Waals surface area contributed by atoms with Gasteiger partial charge in [0.1, 0.15) is 0 Å². The zero-order chi connectivity index (χ0) is 7.15. The van der Waals surface area contributed by atoms with E-state index in [0.717, 1.165) is 0 Å². The summed E-state index contributed by atoms with van der Waals surface area (Å²) in [5.74, 6) is 0. The van der Waals surface area contributed by atoms with Gasteiger partial charge in [-0.3, -0.25) is 0 Å². The molecule has 0 aromatic carbocycles. The molecule has 0 amide bonds. The summed E-state index contributed by atoms with van der Waals surface area (Å²) in [6, 6.07) is 0. The Hall–Kier alpha value is 3.31. The molecule has 0 aliphatic carbocycles. The summed E-state index contributed by atoms with van der Waals surface area (Å²) in [5, 5.41) is 27.9. The molecule has 0 heterocycles. The van der Waals surface area contributed by atoms with E-state index in [9.17, 15) is 0 Å². The van der Waals surface area contributed by atoms with Crippen LogP contribution in [0.3, 0.4) is 0 Å². The van der Waals surface area contributed by atoms with E-state index in [1.807, 2.05) is 0 Å². The number of rotatable bonds is 0. The molecular formula is C2H13Ca2ClNa2O7. The molecular weight excluding hydrogens is 298 g/mol. The van der Waals surface area contributed by atoms with Gasteiger partial charge in [-0.25, -0.2) is 9.59 Å². The number of hydrogen-bond donors (Lipinski definition) is 4. The smallest absolute Gasteiger partial charge is 1.00 e. The Morgan fingerprint density at radius 2 is 0.786 bits per heavy atom. The van der Waals surface area contributed by atoms with Crippen molar-refractivity contribution >= 4 is 100 Å². The van der Waals surface area contributed by atoms with Crippen LogP contribution in [0, 0.1) is 0 Å². The fraction of sp³-hybridized carbons (Fsp3) is 0. The van der Waals surface area contributed by atoms with Crippen LogP contribution in [0.2, 0.25) is 0 Å². The monoisotopic (exact) mass is 310 g/mol. The molecule has 12 heteroatoms. The minimum absolute atomic E-state index is 0. The minimum atomic E-state index is -1.83. The van der Waals surface area contributed by atoms with E-state index in [1.165, 1.54) is 0 Å². The van der Waals surface area contributed by atoms with E-state index in [4.69, 9.17) is 30.0 Å². The SMILES string of the molecule is Cl.O.O=C(O)O.O=C(O)O.[Ca+2].[Ca+2].[H-].[H-].[H-].[H-].[H-].[H-].[Na+].[Na+]. The zero-order valence-electron chi connectivity index (χ0n) is 13.9. The molecule has 0 aromatic rings. The summed E-state index contributed by atoms with van der Waals surface area (Å²) >= 11 is 0. The van der Waals surface area contributed by atoms with Crippen molar-refractivity contribution in [3.63, 3.8) is 0 Å². The van der Waals surface area contributed by atoms with E-state index in [-0.39, 0.29) is 161 Å². The van der Waals surface area contributed by atoms with E-state index in [1.54, 1.807) is 0 Å². The Morgan fingerprint density at radius 3 is 0.786 bits per heavy atom. The van der Waals surface area contributed by atoms with Gasteiger partial charge in [0.05, 0.1) is 0 Å². The van der Waals surface area contributed by atoms with Gasteiger partial charge >= 0.3 is 147 Å². The van der Waals surface area contributed by atoms with Gasteiger partial charge in [0, 0.05) is 0 Å². The summed E-state index contributed by atoms with van der Waals surface area (Å²) in [4.78, 5) is 17.1. The largest absolute Gasteiger partial charge is 2.00 e. The molecule has 0 aliphatic rings. The van der Waals surface area contributed by atoms with Crippen molar-refractivity contribution in [2.75, 3.05) is 0 Å². The minimum Gasteiger partial charge on any atom is -1.00 e. The van der Waals surface area contributed by atoms with Crippen molar-refractivity contribution in [2.45, 2.75) is 0 Å². The standard InChI is InChI=1S/2CH2O3.2Ca.ClH.2Na.H2O.6H/c2*2-1(3)4;;;;;;;;;;;;/h2*(H2,2,3,4);;;1H;;;1H2;;;;;;/q;;2*+2;;2*+1;;6*-1. The van der Waals surface area contributed by atoms with Crippen LogP contribution in [0.5, 0.6) is 0 Å². The van der Waals surface area contributed by atoms with Gasteiger partial charge in [-0.15, -0.1) is 12.4 Å². The van der Waals surface area contributed by atoms with Crippen molar-refractivity contribution in [3.8, 4) is 0 Å². The second-order valence-corrected chi connectivity index (χ2v) is 0.565. The van der Waals surface area contributed by atoms with Crippen molar-refractivity contribution in [1.82, 2.24) is 0 Å². The van der Waals surface area contributed by atoms with E-state index < -0.39 is 12.3 Å². The van der Waals surface area contributed by atoms with Crippen LogP contribution in [0.1, 0.15) is 8.56 Å². The molecule has 0 bridgehead atoms. The Morgan fingerprint density at radius 1 is 0.786 bits per heavy atom. The number of hydrogen-bond acceptors (Lipinski definition) is 2. The fourth-order valence-electron chi connectivity index (χ4n) is 0. The molecule has 14 heavy (non-hydrogen) atoms. The molecule has 7 nitrogen and oxygen atoms in total. The maximum atomic E-state index is 8.56. The molecule has 0 saturated heterocycles. The third-order valence-corrected chi connectivity index (χ3v) is 0. The number of halogens is 1. The van der Waals surface area contributed by atoms with Crippen LogP contribution in [0.15, 0.2) is 0 Å². The normalized spacial score (nSPS) is 3.43. The maximum Gasteiger partial charge on any atom is 2.00 e. The molecule has 0 spiro atoms. The summed E-state index contributed by atoms with van der Waals surface area (Å²) in [6.45, 7) is 0. The summed E-state index contributed by atoms with van der Waals surface area (Å²) < 4.78 is 0. The van der Waals surface area contributed by atoms with Crippen LogP contribution in [0.4, 0.5) is 9.59 Å². The Bertz CT molecular complexity index is 103. The summed E-state index contributed by atoms with van der Waals surface area (Å²) in [5.41, 5.74) is 0. The average molecular weight is 311 g/mol. The Kier molecular flexibility index (Phi) is 167. The molecule has 6 N–H and O–H groups in total. The molecule has 0 aromatic heterocycles. The molecule has 76 valence electrons. The first-order valence-electron chi connectivity index (χ1n) is 1.30. The first-order chi connectivity index (χ1) is 3.46. The van der Waals surface area contributed by atoms with E-state index in [0.29, 0.717) is 0 Å². The van der Waals surface area contributed by atoms with Gasteiger partial charge in [-0.05, 0) is 0 Å². The molecule has 0 rings (SSSR count). The Labute approximate surface area is 199 Å². The summed E-state index contributed by atoms with van der Waals surface area (Å²) in [6.07, 6.45) is -3.67. The first-order valence-corrected chi connectivity index (χ1v) is 1.30. The topological polar surface area (TPSA) is 147 Å². The quantitative estimate of drug-likeness (QED) is 0.327. The van der Waals surface area contributed by atoms with Gasteiger partial charge < -0.3 is 34.5 Å². The maximum absolute atomic E-state index is 8.56. The van der Waals surface area contributed by atoms with Crippen molar-refractivity contribution in [2.24, 2.45) is 0 Å². The third kappa shape index (κ3) is 286. The van der Waals surface area contributed by atoms with Gasteiger partial charge in [0.15, 0.2) is 0 Å². The number of carboxylic acid groups (broad SMARTS) is 4. The predicted octanol–water partition coefficient (Wildman–Crippen LogP) is -6.04. The third-order valence-electron chi connectivity index (χ3n) is 0. The number of carbonyl (C=O) groups is 2. The van der Waals surface area contributed by atoms with Crippen molar-refractivity contribution in [3.05, 3.63) is 0 Å². The molecule has 0 atom stereocenters. The molecule has 0 saturated carbocycles. The predicted molar refractivity (Wildman–Crippen MR) is 50.3 cm³/mol. The van der Waals surface area contributed by atoms with Crippen LogP contribution in [-0.2, 0) is 0 Å². The van der Waals surface area contributed by atoms with E-state index in [2.05, 4.69) is 0 Å². The molecule has 0 aliphatic heterocycles. The van der Waals surface area contributed by atoms with Crippen LogP contribution in [-0.4, -0.2) is 114 Å². The molecule has 0 radical (unpaired) electrons. The Balaban J connectivity index is -0.00000000187.